The summed E-state index contributed by atoms with van der Waals surface area (Å²) in [5.74, 6) is -0.179. The van der Waals surface area contributed by atoms with Crippen molar-refractivity contribution >= 4 is 29.2 Å². The van der Waals surface area contributed by atoms with Gasteiger partial charge in [-0.15, -0.1) is 0 Å². The molecule has 0 spiro atoms. The molecule has 0 bridgehead atoms. The second-order valence-corrected chi connectivity index (χ2v) is 8.93. The first-order chi connectivity index (χ1) is 15.6. The van der Waals surface area contributed by atoms with E-state index in [1.54, 1.807) is 16.9 Å². The SMILES string of the molecule is COc1cc(C(=O)Nc2ccnn2Cc2ccc(C(C)(C)C)cc2)cc(Cl)c1OCC(N)=O. The van der Waals surface area contributed by atoms with Crippen molar-refractivity contribution in [2.75, 3.05) is 19.0 Å². The van der Waals surface area contributed by atoms with Gasteiger partial charge in [-0.05, 0) is 28.7 Å². The molecule has 3 aromatic rings. The number of nitrogens with one attached hydrogen (secondary N) is 1. The fourth-order valence-electron chi connectivity index (χ4n) is 3.17. The molecule has 0 atom stereocenters. The molecule has 9 heteroatoms. The number of anilines is 1. The number of nitrogens with zero attached hydrogens (tertiary/aromatic N) is 2. The minimum absolute atomic E-state index is 0.0755. The van der Waals surface area contributed by atoms with Crippen LogP contribution in [0.2, 0.25) is 5.02 Å². The van der Waals surface area contributed by atoms with E-state index in [4.69, 9.17) is 26.8 Å². The highest BCUT2D eigenvalue weighted by Crippen LogP contribution is 2.36. The predicted molar refractivity (Wildman–Crippen MR) is 127 cm³/mol. The van der Waals surface area contributed by atoms with E-state index in [1.807, 2.05) is 0 Å². The monoisotopic (exact) mass is 470 g/mol. The standard InChI is InChI=1S/C24H27ClN4O4/c1-24(2,3)17-7-5-15(6-8-17)13-29-21(9-10-27-29)28-23(31)16-11-18(25)22(19(12-16)32-4)33-14-20(26)30/h5-12H,13-14H2,1-4H3,(H2,26,30)(H,28,31). The Labute approximate surface area is 197 Å². The smallest absolute Gasteiger partial charge is 0.257 e. The van der Waals surface area contributed by atoms with Crippen LogP contribution in [0.15, 0.2) is 48.7 Å². The summed E-state index contributed by atoms with van der Waals surface area (Å²) in [4.78, 5) is 23.9. The number of carbonyl (C=O) groups is 2. The molecule has 0 aliphatic heterocycles. The van der Waals surface area contributed by atoms with E-state index in [0.717, 1.165) is 5.56 Å². The molecule has 8 nitrogen and oxygen atoms in total. The van der Waals surface area contributed by atoms with Crippen molar-refractivity contribution in [3.8, 4) is 11.5 Å². The zero-order valence-corrected chi connectivity index (χ0v) is 19.8. The van der Waals surface area contributed by atoms with Crippen LogP contribution in [0.4, 0.5) is 5.82 Å². The summed E-state index contributed by atoms with van der Waals surface area (Å²) < 4.78 is 12.3. The molecule has 0 radical (unpaired) electrons. The highest BCUT2D eigenvalue weighted by atomic mass is 35.5. The highest BCUT2D eigenvalue weighted by molar-refractivity contribution is 6.32. The molecular weight excluding hydrogens is 444 g/mol. The van der Waals surface area contributed by atoms with Gasteiger partial charge in [0.15, 0.2) is 18.1 Å². The second-order valence-electron chi connectivity index (χ2n) is 8.52. The number of benzene rings is 2. The zero-order valence-electron chi connectivity index (χ0n) is 19.0. The maximum Gasteiger partial charge on any atom is 0.257 e. The van der Waals surface area contributed by atoms with Gasteiger partial charge in [-0.3, -0.25) is 9.59 Å². The quantitative estimate of drug-likeness (QED) is 0.517. The molecule has 0 saturated heterocycles. The summed E-state index contributed by atoms with van der Waals surface area (Å²) in [5, 5.41) is 7.29. The average Bonchev–Trinajstić information content (AvgIpc) is 3.18. The number of amides is 2. The number of carbonyl (C=O) groups excluding carboxylic acids is 2. The third-order valence-electron chi connectivity index (χ3n) is 4.96. The van der Waals surface area contributed by atoms with Crippen molar-refractivity contribution < 1.29 is 19.1 Å². The molecule has 174 valence electrons. The lowest BCUT2D eigenvalue weighted by Gasteiger charge is -2.19. The van der Waals surface area contributed by atoms with Crippen molar-refractivity contribution in [2.45, 2.75) is 32.7 Å². The van der Waals surface area contributed by atoms with Gasteiger partial charge in [0.2, 0.25) is 0 Å². The van der Waals surface area contributed by atoms with Crippen molar-refractivity contribution in [3.05, 3.63) is 70.4 Å². The van der Waals surface area contributed by atoms with Gasteiger partial charge in [0.05, 0.1) is 24.9 Å². The fraction of sp³-hybridized carbons (Fsp3) is 0.292. The van der Waals surface area contributed by atoms with E-state index in [-0.39, 0.29) is 34.1 Å². The highest BCUT2D eigenvalue weighted by Gasteiger charge is 2.18. The van der Waals surface area contributed by atoms with Crippen LogP contribution in [0.3, 0.4) is 0 Å². The van der Waals surface area contributed by atoms with Crippen molar-refractivity contribution in [1.29, 1.82) is 0 Å². The molecule has 3 rings (SSSR count). The molecule has 1 heterocycles. The first-order valence-corrected chi connectivity index (χ1v) is 10.7. The number of rotatable bonds is 8. The van der Waals surface area contributed by atoms with Gasteiger partial charge < -0.3 is 20.5 Å². The van der Waals surface area contributed by atoms with Crippen LogP contribution in [0, 0.1) is 0 Å². The number of methoxy groups -OCH3 is 1. The number of nitrogens with two attached hydrogens (primary N) is 1. The Hall–Kier alpha value is -3.52. The Balaban J connectivity index is 1.76. The number of halogens is 1. The van der Waals surface area contributed by atoms with E-state index in [1.165, 1.54) is 24.8 Å². The maximum atomic E-state index is 12.9. The lowest BCUT2D eigenvalue weighted by Crippen LogP contribution is -2.20. The number of ether oxygens (including phenoxy) is 2. The molecule has 0 aliphatic carbocycles. The van der Waals surface area contributed by atoms with Crippen molar-refractivity contribution in [3.63, 3.8) is 0 Å². The van der Waals surface area contributed by atoms with Gasteiger partial charge in [-0.1, -0.05) is 56.6 Å². The molecule has 3 N–H and O–H groups in total. The lowest BCUT2D eigenvalue weighted by atomic mass is 9.87. The van der Waals surface area contributed by atoms with Gasteiger partial charge >= 0.3 is 0 Å². The summed E-state index contributed by atoms with van der Waals surface area (Å²) in [5.41, 5.74) is 7.74. The van der Waals surface area contributed by atoms with Gasteiger partial charge in [0, 0.05) is 11.6 Å². The van der Waals surface area contributed by atoms with Crippen molar-refractivity contribution in [2.24, 2.45) is 5.73 Å². The Morgan fingerprint density at radius 2 is 1.85 bits per heavy atom. The van der Waals surface area contributed by atoms with E-state index in [9.17, 15) is 9.59 Å². The summed E-state index contributed by atoms with van der Waals surface area (Å²) in [6.45, 7) is 6.64. The van der Waals surface area contributed by atoms with Crippen molar-refractivity contribution in [1.82, 2.24) is 9.78 Å². The molecule has 0 saturated carbocycles. The van der Waals surface area contributed by atoms with Gasteiger partial charge in [0.1, 0.15) is 5.82 Å². The third kappa shape index (κ3) is 6.04. The topological polar surface area (TPSA) is 108 Å². The Kier molecular flexibility index (Phi) is 7.28. The van der Waals surface area contributed by atoms with Crippen LogP contribution in [-0.2, 0) is 16.8 Å². The van der Waals surface area contributed by atoms with Gasteiger partial charge in [0.25, 0.3) is 11.8 Å². The fourth-order valence-corrected chi connectivity index (χ4v) is 3.44. The Morgan fingerprint density at radius 3 is 2.45 bits per heavy atom. The average molecular weight is 471 g/mol. The first-order valence-electron chi connectivity index (χ1n) is 10.3. The van der Waals surface area contributed by atoms with E-state index >= 15 is 0 Å². The van der Waals surface area contributed by atoms with Crippen LogP contribution in [0.25, 0.3) is 0 Å². The molecule has 2 amide bonds. The number of hydrogen-bond donors (Lipinski definition) is 2. The summed E-state index contributed by atoms with van der Waals surface area (Å²) in [7, 11) is 1.41. The second kappa shape index (κ2) is 9.95. The summed E-state index contributed by atoms with van der Waals surface area (Å²) in [6.07, 6.45) is 1.62. The summed E-state index contributed by atoms with van der Waals surface area (Å²) >= 11 is 6.25. The van der Waals surface area contributed by atoms with Crippen LogP contribution >= 0.6 is 11.6 Å². The number of aromatic nitrogens is 2. The molecule has 0 aliphatic rings. The minimum atomic E-state index is -0.656. The van der Waals surface area contributed by atoms with Crippen LogP contribution in [0.1, 0.15) is 42.3 Å². The molecule has 33 heavy (non-hydrogen) atoms. The number of primary amides is 1. The molecular formula is C24H27ClN4O4. The zero-order chi connectivity index (χ0) is 24.2. The van der Waals surface area contributed by atoms with E-state index in [0.29, 0.717) is 12.4 Å². The van der Waals surface area contributed by atoms with Gasteiger partial charge in [-0.25, -0.2) is 4.68 Å². The van der Waals surface area contributed by atoms with Crippen LogP contribution < -0.4 is 20.5 Å². The molecule has 2 aromatic carbocycles. The normalized spacial score (nSPS) is 11.2. The van der Waals surface area contributed by atoms with Crippen LogP contribution in [-0.4, -0.2) is 35.3 Å². The minimum Gasteiger partial charge on any atom is -0.493 e. The van der Waals surface area contributed by atoms with Crippen LogP contribution in [0.5, 0.6) is 11.5 Å². The largest absolute Gasteiger partial charge is 0.493 e. The maximum absolute atomic E-state index is 12.9. The first kappa shape index (κ1) is 24.1. The molecule has 0 unspecified atom stereocenters. The third-order valence-corrected chi connectivity index (χ3v) is 5.24. The molecule has 1 aromatic heterocycles. The Morgan fingerprint density at radius 1 is 1.15 bits per heavy atom. The molecule has 0 fully saturated rings. The lowest BCUT2D eigenvalue weighted by molar-refractivity contribution is -0.119. The van der Waals surface area contributed by atoms with E-state index < -0.39 is 11.8 Å². The predicted octanol–water partition coefficient (Wildman–Crippen LogP) is 4.01. The summed E-state index contributed by atoms with van der Waals surface area (Å²) in [6, 6.07) is 12.9. The Bertz CT molecular complexity index is 1150. The van der Waals surface area contributed by atoms with Gasteiger partial charge in [-0.2, -0.15) is 5.10 Å². The number of hydrogen-bond acceptors (Lipinski definition) is 5. The van der Waals surface area contributed by atoms with E-state index in [2.05, 4.69) is 55.5 Å².